The van der Waals surface area contributed by atoms with E-state index in [4.69, 9.17) is 0 Å². The summed E-state index contributed by atoms with van der Waals surface area (Å²) in [6.07, 6.45) is 3.55. The van der Waals surface area contributed by atoms with Crippen molar-refractivity contribution in [3.05, 3.63) is 50.9 Å². The molecule has 2 rings (SSSR count). The molecule has 1 N–H and O–H groups in total. The van der Waals surface area contributed by atoms with E-state index in [9.17, 15) is 9.59 Å². The number of hydrogen-bond donors (Lipinski definition) is 1. The van der Waals surface area contributed by atoms with Crippen LogP contribution >= 0.6 is 0 Å². The van der Waals surface area contributed by atoms with Gasteiger partial charge >= 0.3 is 5.69 Å². The summed E-state index contributed by atoms with van der Waals surface area (Å²) in [7, 11) is 4.98. The van der Waals surface area contributed by atoms with Gasteiger partial charge in [0.15, 0.2) is 0 Å². The van der Waals surface area contributed by atoms with Crippen LogP contribution in [0.5, 0.6) is 0 Å². The Labute approximate surface area is 109 Å². The van der Waals surface area contributed by atoms with Crippen molar-refractivity contribution in [1.29, 1.82) is 0 Å². The molecule has 2 aromatic rings. The molecule has 0 unspecified atom stereocenters. The van der Waals surface area contributed by atoms with E-state index in [1.165, 1.54) is 18.1 Å². The minimum absolute atomic E-state index is 0.346. The number of nitrogens with zero attached hydrogens (tertiary/aromatic N) is 4. The van der Waals surface area contributed by atoms with E-state index < -0.39 is 5.69 Å². The third-order valence-electron chi connectivity index (χ3n) is 2.83. The molecular formula is C12H15N5O2. The van der Waals surface area contributed by atoms with E-state index in [-0.39, 0.29) is 5.56 Å². The molecule has 0 spiro atoms. The van der Waals surface area contributed by atoms with Crippen LogP contribution in [0.4, 0.5) is 5.82 Å². The topological polar surface area (TPSA) is 75.4 Å². The van der Waals surface area contributed by atoms with Crippen LogP contribution in [-0.2, 0) is 14.1 Å². The van der Waals surface area contributed by atoms with Crippen molar-refractivity contribution in [2.45, 2.75) is 0 Å². The third kappa shape index (κ3) is 2.65. The number of aryl methyl sites for hydroxylation is 1. The lowest BCUT2D eigenvalue weighted by Gasteiger charge is -2.12. The van der Waals surface area contributed by atoms with Gasteiger partial charge < -0.3 is 4.57 Å². The van der Waals surface area contributed by atoms with E-state index in [0.717, 1.165) is 10.3 Å². The molecule has 0 radical (unpaired) electrons. The van der Waals surface area contributed by atoms with Crippen molar-refractivity contribution in [3.63, 3.8) is 0 Å². The van der Waals surface area contributed by atoms with Crippen molar-refractivity contribution in [2.24, 2.45) is 19.2 Å². The van der Waals surface area contributed by atoms with Crippen LogP contribution in [0.25, 0.3) is 0 Å². The molecule has 100 valence electrons. The van der Waals surface area contributed by atoms with Crippen LogP contribution in [-0.4, -0.2) is 27.4 Å². The quantitative estimate of drug-likeness (QED) is 0.618. The van der Waals surface area contributed by atoms with Crippen molar-refractivity contribution >= 4 is 12.0 Å². The van der Waals surface area contributed by atoms with E-state index in [1.54, 1.807) is 13.3 Å². The molecule has 2 aromatic heterocycles. The maximum absolute atomic E-state index is 11.5. The van der Waals surface area contributed by atoms with Crippen LogP contribution < -0.4 is 16.3 Å². The summed E-state index contributed by atoms with van der Waals surface area (Å²) in [4.78, 5) is 25.6. The number of hydrogen-bond acceptors (Lipinski definition) is 4. The second-order valence-electron chi connectivity index (χ2n) is 4.17. The molecule has 0 aliphatic heterocycles. The zero-order valence-corrected chi connectivity index (χ0v) is 11.0. The average Bonchev–Trinajstić information content (AvgIpc) is 2.78. The highest BCUT2D eigenvalue weighted by atomic mass is 16.2. The molecular weight excluding hydrogens is 246 g/mol. The summed E-state index contributed by atoms with van der Waals surface area (Å²) in [5.41, 5.74) is 0.0705. The average molecular weight is 261 g/mol. The largest absolute Gasteiger partial charge is 0.350 e. The number of aromatic nitrogens is 3. The van der Waals surface area contributed by atoms with Crippen molar-refractivity contribution < 1.29 is 0 Å². The zero-order chi connectivity index (χ0) is 14.0. The van der Waals surface area contributed by atoms with Gasteiger partial charge in [0.1, 0.15) is 5.82 Å². The van der Waals surface area contributed by atoms with Gasteiger partial charge in [0, 0.05) is 33.4 Å². The van der Waals surface area contributed by atoms with Gasteiger partial charge in [-0.05, 0) is 12.1 Å². The Bertz CT molecular complexity index is 691. The van der Waals surface area contributed by atoms with Crippen molar-refractivity contribution in [3.8, 4) is 0 Å². The molecule has 19 heavy (non-hydrogen) atoms. The van der Waals surface area contributed by atoms with Gasteiger partial charge in [0.2, 0.25) is 0 Å². The second-order valence-corrected chi connectivity index (χ2v) is 4.17. The number of rotatable bonds is 3. The Morgan fingerprint density at radius 1 is 1.37 bits per heavy atom. The summed E-state index contributed by atoms with van der Waals surface area (Å²) >= 11 is 0. The predicted molar refractivity (Wildman–Crippen MR) is 73.7 cm³/mol. The number of nitrogens with one attached hydrogen (secondary N) is 1. The standard InChI is InChI=1S/C12H15N5O2/c1-15-6-4-5-9(15)8-13-17(3)10-7-11(18)16(2)12(19)14-10/h4-8H,1-3H3,(H,14,19). The van der Waals surface area contributed by atoms with Crippen molar-refractivity contribution in [1.82, 2.24) is 14.1 Å². The number of H-pyrrole nitrogens is 1. The molecule has 7 nitrogen and oxygen atoms in total. The summed E-state index contributed by atoms with van der Waals surface area (Å²) in [5.74, 6) is 0.346. The van der Waals surface area contributed by atoms with Gasteiger partial charge in [-0.2, -0.15) is 5.10 Å². The number of anilines is 1. The first-order valence-corrected chi connectivity index (χ1v) is 5.68. The normalized spacial score (nSPS) is 11.1. The minimum Gasteiger partial charge on any atom is -0.350 e. The molecule has 0 amide bonds. The Kier molecular flexibility index (Phi) is 3.37. The summed E-state index contributed by atoms with van der Waals surface area (Å²) in [5, 5.41) is 5.62. The van der Waals surface area contributed by atoms with Gasteiger partial charge in [-0.15, -0.1) is 0 Å². The summed E-state index contributed by atoms with van der Waals surface area (Å²) in [6, 6.07) is 5.13. The predicted octanol–water partition coefficient (Wildman–Crippen LogP) is -0.118. The third-order valence-corrected chi connectivity index (χ3v) is 2.83. The van der Waals surface area contributed by atoms with Crippen molar-refractivity contribution in [2.75, 3.05) is 12.1 Å². The molecule has 0 aliphatic rings. The van der Waals surface area contributed by atoms with Crippen LogP contribution in [0.3, 0.4) is 0 Å². The molecule has 0 saturated heterocycles. The smallest absolute Gasteiger partial charge is 0.329 e. The molecule has 0 fully saturated rings. The number of aromatic amines is 1. The summed E-state index contributed by atoms with van der Waals surface area (Å²) < 4.78 is 2.91. The van der Waals surface area contributed by atoms with Gasteiger partial charge in [-0.25, -0.2) is 4.79 Å². The van der Waals surface area contributed by atoms with E-state index in [0.29, 0.717) is 5.82 Å². The first kappa shape index (κ1) is 12.9. The maximum atomic E-state index is 11.5. The first-order chi connectivity index (χ1) is 8.99. The van der Waals surface area contributed by atoms with Gasteiger partial charge in [0.05, 0.1) is 11.9 Å². The van der Waals surface area contributed by atoms with Crippen LogP contribution in [0.15, 0.2) is 39.1 Å². The van der Waals surface area contributed by atoms with E-state index >= 15 is 0 Å². The maximum Gasteiger partial charge on any atom is 0.329 e. The van der Waals surface area contributed by atoms with E-state index in [1.807, 2.05) is 29.9 Å². The van der Waals surface area contributed by atoms with E-state index in [2.05, 4.69) is 10.1 Å². The molecule has 0 aromatic carbocycles. The minimum atomic E-state index is -0.469. The lowest BCUT2D eigenvalue weighted by atomic mass is 10.5. The highest BCUT2D eigenvalue weighted by Crippen LogP contribution is 2.03. The SMILES string of the molecule is CN(N=Cc1cccn1C)c1cc(=O)n(C)c(=O)[nH]1. The first-order valence-electron chi connectivity index (χ1n) is 5.68. The van der Waals surface area contributed by atoms with Crippen LogP contribution in [0.2, 0.25) is 0 Å². The Morgan fingerprint density at radius 2 is 2.11 bits per heavy atom. The van der Waals surface area contributed by atoms with Gasteiger partial charge in [-0.3, -0.25) is 19.4 Å². The lowest BCUT2D eigenvalue weighted by molar-refractivity contribution is 0.766. The molecule has 7 heteroatoms. The highest BCUT2D eigenvalue weighted by Gasteiger charge is 2.04. The highest BCUT2D eigenvalue weighted by molar-refractivity contribution is 5.78. The van der Waals surface area contributed by atoms with Gasteiger partial charge in [-0.1, -0.05) is 0 Å². The second kappa shape index (κ2) is 4.97. The Hall–Kier alpha value is -2.57. The van der Waals surface area contributed by atoms with Crippen LogP contribution in [0.1, 0.15) is 5.69 Å². The molecule has 0 aliphatic carbocycles. The van der Waals surface area contributed by atoms with Crippen LogP contribution in [0, 0.1) is 0 Å². The Balaban J connectivity index is 2.28. The fraction of sp³-hybridized carbons (Fsp3) is 0.250. The zero-order valence-electron chi connectivity index (χ0n) is 11.0. The lowest BCUT2D eigenvalue weighted by Crippen LogP contribution is -2.33. The van der Waals surface area contributed by atoms with Gasteiger partial charge in [0.25, 0.3) is 5.56 Å². The molecule has 0 bridgehead atoms. The fourth-order valence-corrected chi connectivity index (χ4v) is 1.53. The molecule has 0 saturated carbocycles. The fourth-order valence-electron chi connectivity index (χ4n) is 1.53. The Morgan fingerprint density at radius 3 is 2.68 bits per heavy atom. The summed E-state index contributed by atoms with van der Waals surface area (Å²) in [6.45, 7) is 0. The monoisotopic (exact) mass is 261 g/mol. The molecule has 2 heterocycles. The number of hydrazone groups is 1. The molecule has 0 atom stereocenters.